The molecule has 3 nitrogen and oxygen atoms in total. The summed E-state index contributed by atoms with van der Waals surface area (Å²) in [5.41, 5.74) is 6.09. The van der Waals surface area contributed by atoms with E-state index in [1.165, 1.54) is 6.07 Å². The monoisotopic (exact) mass is 269 g/mol. The Kier molecular flexibility index (Phi) is 3.94. The lowest BCUT2D eigenvalue weighted by Crippen LogP contribution is -2.40. The molecule has 3 N–H and O–H groups in total. The first-order valence-electron chi connectivity index (χ1n) is 6.57. The number of benzene rings is 1. The molecule has 1 fully saturated rings. The molecule has 1 saturated heterocycles. The fraction of sp³-hybridized carbons (Fsp3) is 0.571. The first kappa shape index (κ1) is 14.1. The molecule has 1 aromatic carbocycles. The van der Waals surface area contributed by atoms with Crippen LogP contribution in [0, 0.1) is 17.0 Å². The Morgan fingerprint density at radius 2 is 1.95 bits per heavy atom. The highest BCUT2D eigenvalue weighted by molar-refractivity contribution is 5.66. The van der Waals surface area contributed by atoms with E-state index in [1.54, 1.807) is 0 Å². The van der Waals surface area contributed by atoms with Gasteiger partial charge in [-0.2, -0.15) is 0 Å². The Morgan fingerprint density at radius 3 is 2.58 bits per heavy atom. The van der Waals surface area contributed by atoms with E-state index in [0.717, 1.165) is 32.0 Å². The van der Waals surface area contributed by atoms with Crippen molar-refractivity contribution in [1.82, 2.24) is 4.90 Å². The van der Waals surface area contributed by atoms with Gasteiger partial charge in [0.2, 0.25) is 0 Å². The number of halogens is 2. The summed E-state index contributed by atoms with van der Waals surface area (Å²) in [5.74, 6) is -1.32. The molecular formula is C14H21F2N3. The third-order valence-electron chi connectivity index (χ3n) is 3.99. The number of hydrogen-bond acceptors (Lipinski definition) is 3. The van der Waals surface area contributed by atoms with Crippen LogP contribution < -0.4 is 11.1 Å². The van der Waals surface area contributed by atoms with Crippen molar-refractivity contribution in [2.24, 2.45) is 5.41 Å². The maximum Gasteiger partial charge on any atom is 0.151 e. The molecule has 2 rings (SSSR count). The molecule has 1 heterocycles. The number of anilines is 2. The molecule has 0 aliphatic carbocycles. The number of nitrogen functional groups attached to an aromatic ring is 1. The van der Waals surface area contributed by atoms with Crippen LogP contribution >= 0.6 is 0 Å². The summed E-state index contributed by atoms with van der Waals surface area (Å²) in [7, 11) is 2.10. The number of likely N-dealkylation sites (tertiary alicyclic amines) is 1. The van der Waals surface area contributed by atoms with Crippen molar-refractivity contribution >= 4 is 11.4 Å². The molecule has 0 atom stereocenters. The van der Waals surface area contributed by atoms with Gasteiger partial charge in [0, 0.05) is 12.6 Å². The number of nitrogens with two attached hydrogens (primary N) is 1. The van der Waals surface area contributed by atoms with Crippen LogP contribution in [0.2, 0.25) is 0 Å². The highest BCUT2D eigenvalue weighted by Gasteiger charge is 2.28. The lowest BCUT2D eigenvalue weighted by molar-refractivity contribution is 0.150. The fourth-order valence-electron chi connectivity index (χ4n) is 2.37. The van der Waals surface area contributed by atoms with E-state index in [-0.39, 0.29) is 11.1 Å². The van der Waals surface area contributed by atoms with Crippen molar-refractivity contribution < 1.29 is 8.78 Å². The zero-order valence-corrected chi connectivity index (χ0v) is 11.5. The second kappa shape index (κ2) is 5.33. The first-order chi connectivity index (χ1) is 8.89. The van der Waals surface area contributed by atoms with Crippen molar-refractivity contribution in [3.05, 3.63) is 23.8 Å². The molecule has 0 saturated carbocycles. The summed E-state index contributed by atoms with van der Waals surface area (Å²) < 4.78 is 26.5. The minimum atomic E-state index is -0.712. The third-order valence-corrected chi connectivity index (χ3v) is 3.99. The number of piperidine rings is 1. The zero-order chi connectivity index (χ0) is 14.0. The molecule has 5 heteroatoms. The Labute approximate surface area is 112 Å². The molecule has 19 heavy (non-hydrogen) atoms. The van der Waals surface area contributed by atoms with Crippen molar-refractivity contribution in [2.45, 2.75) is 19.8 Å². The van der Waals surface area contributed by atoms with Gasteiger partial charge in [-0.05, 0) is 44.5 Å². The van der Waals surface area contributed by atoms with E-state index in [0.29, 0.717) is 12.2 Å². The number of nitrogens with zero attached hydrogens (tertiary/aromatic N) is 1. The highest BCUT2D eigenvalue weighted by Crippen LogP contribution is 2.32. The molecule has 0 unspecified atom stereocenters. The molecule has 106 valence electrons. The van der Waals surface area contributed by atoms with Crippen LogP contribution in [0.4, 0.5) is 20.2 Å². The molecule has 1 aliphatic rings. The number of rotatable bonds is 3. The van der Waals surface area contributed by atoms with Crippen LogP contribution in [0.1, 0.15) is 19.8 Å². The lowest BCUT2D eigenvalue weighted by Gasteiger charge is -2.38. The normalized spacial score (nSPS) is 19.4. The number of nitrogens with one attached hydrogen (secondary N) is 1. The van der Waals surface area contributed by atoms with E-state index in [9.17, 15) is 8.78 Å². The van der Waals surface area contributed by atoms with Gasteiger partial charge in [0.25, 0.3) is 0 Å². The molecule has 0 radical (unpaired) electrons. The maximum atomic E-state index is 13.3. The van der Waals surface area contributed by atoms with E-state index in [2.05, 4.69) is 24.2 Å². The SMILES string of the molecule is CN1CCC(C)(CNc2cc(F)cc(F)c2N)CC1. The predicted molar refractivity (Wildman–Crippen MR) is 74.1 cm³/mol. The Morgan fingerprint density at radius 1 is 1.32 bits per heavy atom. The summed E-state index contributed by atoms with van der Waals surface area (Å²) in [6, 6.07) is 2.05. The Balaban J connectivity index is 2.02. The molecule has 0 spiro atoms. The van der Waals surface area contributed by atoms with Crippen LogP contribution in [-0.2, 0) is 0 Å². The van der Waals surface area contributed by atoms with Gasteiger partial charge in [0.05, 0.1) is 11.4 Å². The van der Waals surface area contributed by atoms with Crippen LogP contribution in [-0.4, -0.2) is 31.6 Å². The van der Waals surface area contributed by atoms with Gasteiger partial charge in [-0.1, -0.05) is 6.92 Å². The molecule has 0 aromatic heterocycles. The van der Waals surface area contributed by atoms with E-state index >= 15 is 0 Å². The summed E-state index contributed by atoms with van der Waals surface area (Å²) in [5, 5.41) is 3.10. The zero-order valence-electron chi connectivity index (χ0n) is 11.5. The summed E-state index contributed by atoms with van der Waals surface area (Å²) in [6.07, 6.45) is 2.13. The van der Waals surface area contributed by atoms with Gasteiger partial charge in [-0.25, -0.2) is 8.78 Å². The van der Waals surface area contributed by atoms with E-state index in [1.807, 2.05) is 0 Å². The smallest absolute Gasteiger partial charge is 0.151 e. The standard InChI is InChI=1S/C14H21F2N3/c1-14(3-5-19(2)6-4-14)9-18-12-8-10(15)7-11(16)13(12)17/h7-8,18H,3-6,9,17H2,1-2H3. The van der Waals surface area contributed by atoms with Crippen molar-refractivity contribution in [1.29, 1.82) is 0 Å². The Bertz CT molecular complexity index is 454. The maximum absolute atomic E-state index is 13.3. The van der Waals surface area contributed by atoms with Crippen LogP contribution in [0.5, 0.6) is 0 Å². The Hall–Kier alpha value is -1.36. The van der Waals surface area contributed by atoms with Crippen LogP contribution in [0.25, 0.3) is 0 Å². The fourth-order valence-corrected chi connectivity index (χ4v) is 2.37. The summed E-state index contributed by atoms with van der Waals surface area (Å²) in [4.78, 5) is 2.29. The molecule has 0 bridgehead atoms. The van der Waals surface area contributed by atoms with Crippen molar-refractivity contribution in [3.8, 4) is 0 Å². The van der Waals surface area contributed by atoms with Gasteiger partial charge in [-0.15, -0.1) is 0 Å². The molecular weight excluding hydrogens is 248 g/mol. The highest BCUT2D eigenvalue weighted by atomic mass is 19.1. The first-order valence-corrected chi connectivity index (χ1v) is 6.57. The minimum Gasteiger partial charge on any atom is -0.395 e. The number of hydrogen-bond donors (Lipinski definition) is 2. The quantitative estimate of drug-likeness (QED) is 0.829. The summed E-state index contributed by atoms with van der Waals surface area (Å²) in [6.45, 7) is 4.96. The molecule has 1 aromatic rings. The molecule has 1 aliphatic heterocycles. The van der Waals surface area contributed by atoms with Gasteiger partial charge in [0.1, 0.15) is 5.82 Å². The van der Waals surface area contributed by atoms with Gasteiger partial charge in [-0.3, -0.25) is 0 Å². The lowest BCUT2D eigenvalue weighted by atomic mass is 9.80. The van der Waals surface area contributed by atoms with Gasteiger partial charge in [0.15, 0.2) is 5.82 Å². The van der Waals surface area contributed by atoms with Crippen LogP contribution in [0.15, 0.2) is 12.1 Å². The van der Waals surface area contributed by atoms with Gasteiger partial charge < -0.3 is 16.0 Å². The average molecular weight is 269 g/mol. The minimum absolute atomic E-state index is 0.0158. The van der Waals surface area contributed by atoms with Crippen molar-refractivity contribution in [2.75, 3.05) is 37.7 Å². The predicted octanol–water partition coefficient (Wildman–Crippen LogP) is 2.69. The largest absolute Gasteiger partial charge is 0.395 e. The topological polar surface area (TPSA) is 41.3 Å². The van der Waals surface area contributed by atoms with Crippen LogP contribution in [0.3, 0.4) is 0 Å². The second-order valence-electron chi connectivity index (χ2n) is 5.82. The van der Waals surface area contributed by atoms with E-state index in [4.69, 9.17) is 5.73 Å². The average Bonchev–Trinajstić information content (AvgIpc) is 2.36. The van der Waals surface area contributed by atoms with Gasteiger partial charge >= 0.3 is 0 Å². The molecule has 0 amide bonds. The van der Waals surface area contributed by atoms with Crippen molar-refractivity contribution in [3.63, 3.8) is 0 Å². The second-order valence-corrected chi connectivity index (χ2v) is 5.82. The summed E-state index contributed by atoms with van der Waals surface area (Å²) >= 11 is 0. The third kappa shape index (κ3) is 3.35. The van der Waals surface area contributed by atoms with E-state index < -0.39 is 11.6 Å².